The van der Waals surface area contributed by atoms with E-state index in [2.05, 4.69) is 10.3 Å². The molecule has 1 aliphatic carbocycles. The van der Waals surface area contributed by atoms with Crippen LogP contribution in [-0.2, 0) is 9.47 Å². The summed E-state index contributed by atoms with van der Waals surface area (Å²) in [5, 5.41) is 54.7. The van der Waals surface area contributed by atoms with Crippen molar-refractivity contribution in [2.24, 2.45) is 16.6 Å². The highest BCUT2D eigenvalue weighted by Crippen LogP contribution is 2.58. The fraction of sp³-hybridized carbons (Fsp3) is 0.909. The van der Waals surface area contributed by atoms with Crippen LogP contribution in [0.5, 0.6) is 0 Å². The van der Waals surface area contributed by atoms with Crippen molar-refractivity contribution in [1.29, 1.82) is 0 Å². The van der Waals surface area contributed by atoms with Gasteiger partial charge in [-0.1, -0.05) is 0 Å². The van der Waals surface area contributed by atoms with E-state index in [1.54, 1.807) is 0 Å². The van der Waals surface area contributed by atoms with Crippen molar-refractivity contribution in [3.63, 3.8) is 0 Å². The van der Waals surface area contributed by atoms with Gasteiger partial charge >= 0.3 is 5.97 Å². The maximum atomic E-state index is 10.6. The van der Waals surface area contributed by atoms with Crippen molar-refractivity contribution in [2.75, 3.05) is 0 Å². The van der Waals surface area contributed by atoms with Gasteiger partial charge in [-0.05, 0) is 6.92 Å². The van der Waals surface area contributed by atoms with Gasteiger partial charge in [0, 0.05) is 0 Å². The molecule has 0 aromatic carbocycles. The molecule has 3 saturated heterocycles. The van der Waals surface area contributed by atoms with Crippen LogP contribution in [-0.4, -0.2) is 79.2 Å². The molecule has 1 saturated carbocycles. The van der Waals surface area contributed by atoms with Crippen LogP contribution in [0.3, 0.4) is 0 Å². The lowest BCUT2D eigenvalue weighted by Crippen LogP contribution is -2.94. The Morgan fingerprint density at radius 3 is 2.48 bits per heavy atom. The van der Waals surface area contributed by atoms with E-state index in [0.717, 1.165) is 0 Å². The summed E-state index contributed by atoms with van der Waals surface area (Å²) in [6.45, 7) is 1.36. The van der Waals surface area contributed by atoms with Gasteiger partial charge in [0.2, 0.25) is 0 Å². The van der Waals surface area contributed by atoms with Gasteiger partial charge in [0.05, 0.1) is 5.92 Å². The molecule has 5 rings (SSSR count). The topological polar surface area (TPSA) is 170 Å². The molecule has 4 bridgehead atoms. The highest BCUT2D eigenvalue weighted by Gasteiger charge is 2.82. The Kier molecular flexibility index (Phi) is 2.26. The lowest BCUT2D eigenvalue weighted by molar-refractivity contribution is -0.545. The molecule has 9 atom stereocenters. The van der Waals surface area contributed by atoms with E-state index < -0.39 is 53.7 Å². The Balaban J connectivity index is 1.95. The van der Waals surface area contributed by atoms with E-state index in [4.69, 9.17) is 15.2 Å². The van der Waals surface area contributed by atoms with Crippen molar-refractivity contribution in [3.05, 3.63) is 0 Å². The first-order valence-electron chi connectivity index (χ1n) is 6.60. The highest BCUT2D eigenvalue weighted by atomic mass is 16.9. The van der Waals surface area contributed by atoms with Gasteiger partial charge < -0.3 is 46.1 Å². The Morgan fingerprint density at radius 1 is 1.19 bits per heavy atom. The molecule has 4 aliphatic heterocycles. The number of aliphatic hydroxyl groups excluding tert-OH is 3. The Hall–Kier alpha value is -1.01. The zero-order valence-electron chi connectivity index (χ0n) is 11.0. The summed E-state index contributed by atoms with van der Waals surface area (Å²) in [6, 6.07) is 0. The second kappa shape index (κ2) is 3.49. The fourth-order valence-corrected chi connectivity index (χ4v) is 4.19. The minimum Gasteiger partial charge on any atom is -0.388 e. The minimum absolute atomic E-state index is 0.193. The van der Waals surface area contributed by atoms with Crippen LogP contribution < -0.4 is 11.1 Å². The number of aliphatic hydroxyl groups is 5. The summed E-state index contributed by atoms with van der Waals surface area (Å²) in [6.07, 6.45) is -6.96. The zero-order valence-corrected chi connectivity index (χ0v) is 11.0. The summed E-state index contributed by atoms with van der Waals surface area (Å²) in [5.74, 6) is -3.62. The number of hydrogen-bond donors (Lipinski definition) is 7. The number of ether oxygens (including phenoxy) is 2. The average Bonchev–Trinajstić information content (AvgIpc) is 2.36. The van der Waals surface area contributed by atoms with E-state index in [-0.39, 0.29) is 5.96 Å². The van der Waals surface area contributed by atoms with Crippen molar-refractivity contribution < 1.29 is 35.0 Å². The summed E-state index contributed by atoms with van der Waals surface area (Å²) in [4.78, 5) is 3.74. The Bertz CT molecular complexity index is 542. The first-order valence-corrected chi connectivity index (χ1v) is 6.60. The smallest absolute Gasteiger partial charge is 0.311 e. The summed E-state index contributed by atoms with van der Waals surface area (Å²) < 4.78 is 10.4. The molecular weight excluding hydrogens is 286 g/mol. The van der Waals surface area contributed by atoms with Gasteiger partial charge in [0.15, 0.2) is 18.3 Å². The van der Waals surface area contributed by atoms with Crippen LogP contribution in [0.1, 0.15) is 6.92 Å². The van der Waals surface area contributed by atoms with E-state index in [0.29, 0.717) is 0 Å². The molecule has 118 valence electrons. The summed E-state index contributed by atoms with van der Waals surface area (Å²) >= 11 is 0. The predicted molar refractivity (Wildman–Crippen MR) is 64.3 cm³/mol. The summed E-state index contributed by atoms with van der Waals surface area (Å²) in [7, 11) is 0. The molecule has 2 unspecified atom stereocenters. The molecule has 0 radical (unpaired) electrons. The Morgan fingerprint density at radius 2 is 1.81 bits per heavy atom. The molecule has 1 spiro atoms. The third-order valence-corrected chi connectivity index (χ3v) is 5.13. The molecular formula is C11H17N3O7. The first kappa shape index (κ1) is 13.6. The monoisotopic (exact) mass is 303 g/mol. The van der Waals surface area contributed by atoms with Crippen molar-refractivity contribution in [1.82, 2.24) is 5.32 Å². The maximum Gasteiger partial charge on any atom is 0.311 e. The van der Waals surface area contributed by atoms with Crippen LogP contribution in [0.15, 0.2) is 4.99 Å². The van der Waals surface area contributed by atoms with Gasteiger partial charge in [0.25, 0.3) is 0 Å². The van der Waals surface area contributed by atoms with E-state index in [9.17, 15) is 25.5 Å². The van der Waals surface area contributed by atoms with Crippen molar-refractivity contribution >= 4 is 5.96 Å². The lowest BCUT2D eigenvalue weighted by Gasteiger charge is -2.71. The molecule has 10 heteroatoms. The van der Waals surface area contributed by atoms with Crippen LogP contribution in [0, 0.1) is 5.92 Å². The van der Waals surface area contributed by atoms with E-state index >= 15 is 0 Å². The second-order valence-corrected chi connectivity index (χ2v) is 6.29. The first-order chi connectivity index (χ1) is 9.64. The standard InChI is InChI=1S/C11H17N3O7/c1-9(18)4-2-6(16)13-8(12)14-10(2)3(15)5(9)21-11(19,20-4)7(10)17/h2-7,15-19H,1H3,(H3,12,13,14)/t2-,3-,4-,5?,6-,7+,9+,10-,11?/m1/s1. The van der Waals surface area contributed by atoms with Gasteiger partial charge in [0.1, 0.15) is 29.5 Å². The molecule has 4 fully saturated rings. The quantitative estimate of drug-likeness (QED) is 0.233. The molecule has 10 nitrogen and oxygen atoms in total. The van der Waals surface area contributed by atoms with Gasteiger partial charge in [-0.15, -0.1) is 0 Å². The molecule has 8 N–H and O–H groups in total. The molecule has 21 heavy (non-hydrogen) atoms. The van der Waals surface area contributed by atoms with Crippen LogP contribution in [0.2, 0.25) is 0 Å². The van der Waals surface area contributed by atoms with Crippen LogP contribution in [0.4, 0.5) is 0 Å². The largest absolute Gasteiger partial charge is 0.388 e. The number of rotatable bonds is 0. The normalized spacial score (nSPS) is 64.8. The Labute approximate surface area is 118 Å². The number of aliphatic imine (C=N–C) groups is 1. The molecule has 5 aliphatic rings. The minimum atomic E-state index is -2.41. The average molecular weight is 303 g/mol. The molecule has 4 heterocycles. The van der Waals surface area contributed by atoms with Gasteiger partial charge in [-0.2, -0.15) is 0 Å². The van der Waals surface area contributed by atoms with E-state index in [1.165, 1.54) is 6.92 Å². The number of hydrogen-bond acceptors (Lipinski definition) is 10. The van der Waals surface area contributed by atoms with Gasteiger partial charge in [-0.3, -0.25) is 0 Å². The van der Waals surface area contributed by atoms with Gasteiger partial charge in [-0.25, -0.2) is 4.99 Å². The third-order valence-electron chi connectivity index (χ3n) is 5.13. The van der Waals surface area contributed by atoms with E-state index in [1.807, 2.05) is 0 Å². The molecule has 0 aromatic rings. The molecule has 0 amide bonds. The van der Waals surface area contributed by atoms with Crippen LogP contribution >= 0.6 is 0 Å². The number of nitrogens with zero attached hydrogens (tertiary/aromatic N) is 1. The third kappa shape index (κ3) is 1.26. The summed E-state index contributed by atoms with van der Waals surface area (Å²) in [5.41, 5.74) is 2.27. The van der Waals surface area contributed by atoms with Crippen molar-refractivity contribution in [3.8, 4) is 0 Å². The highest BCUT2D eigenvalue weighted by molar-refractivity contribution is 5.80. The predicted octanol–water partition coefficient (Wildman–Crippen LogP) is -4.49. The van der Waals surface area contributed by atoms with Crippen molar-refractivity contribution in [2.45, 2.75) is 54.7 Å². The second-order valence-electron chi connectivity index (χ2n) is 6.29. The SMILES string of the molecule is C[C@@]1(O)C2OC3(O)O[C@@H]1[C@@H]1[C@@H](O)N=C(N)N[C@]1([C@@H]2O)[C@@H]3O. The maximum absolute atomic E-state index is 10.6. The lowest BCUT2D eigenvalue weighted by atomic mass is 9.55. The fourth-order valence-electron chi connectivity index (χ4n) is 4.19. The van der Waals surface area contributed by atoms with Crippen LogP contribution in [0.25, 0.3) is 0 Å². The molecule has 0 aromatic heterocycles. The number of nitrogens with two attached hydrogens (primary N) is 1. The number of nitrogens with one attached hydrogen (secondary N) is 1. The zero-order chi connectivity index (χ0) is 15.4. The number of guanidine groups is 1.